The van der Waals surface area contributed by atoms with Crippen molar-refractivity contribution < 1.29 is 9.90 Å². The van der Waals surface area contributed by atoms with E-state index in [0.717, 1.165) is 31.4 Å². The summed E-state index contributed by atoms with van der Waals surface area (Å²) in [5.41, 5.74) is 4.90. The van der Waals surface area contributed by atoms with E-state index in [9.17, 15) is 9.90 Å². The number of carboxylic acids is 1. The Morgan fingerprint density at radius 3 is 2.78 bits per heavy atom. The van der Waals surface area contributed by atoms with Crippen LogP contribution in [-0.4, -0.2) is 36.6 Å². The number of carbonyl (C=O) groups is 1. The van der Waals surface area contributed by atoms with E-state index >= 15 is 0 Å². The van der Waals surface area contributed by atoms with Crippen LogP contribution in [0.5, 0.6) is 0 Å². The zero-order valence-corrected chi connectivity index (χ0v) is 14.3. The molecule has 0 amide bonds. The molecular formula is C19H21NO2S. The SMILES string of the molecule is CN(C)CC/C=C1/c2ccccc2CCc2sc(C(=O)O)cc21. The summed E-state index contributed by atoms with van der Waals surface area (Å²) in [5, 5.41) is 9.32. The normalized spacial score (nSPS) is 15.3. The van der Waals surface area contributed by atoms with Gasteiger partial charge in [0.15, 0.2) is 0 Å². The van der Waals surface area contributed by atoms with Gasteiger partial charge in [-0.25, -0.2) is 4.79 Å². The average molecular weight is 327 g/mol. The topological polar surface area (TPSA) is 40.5 Å². The van der Waals surface area contributed by atoms with E-state index in [2.05, 4.69) is 49.3 Å². The fourth-order valence-electron chi connectivity index (χ4n) is 3.03. The number of hydrogen-bond donors (Lipinski definition) is 1. The predicted octanol–water partition coefficient (Wildman–Crippen LogP) is 3.93. The van der Waals surface area contributed by atoms with E-state index in [1.807, 2.05) is 6.07 Å². The van der Waals surface area contributed by atoms with Crippen molar-refractivity contribution in [3.05, 3.63) is 62.9 Å². The smallest absolute Gasteiger partial charge is 0.345 e. The Labute approximate surface area is 140 Å². The van der Waals surface area contributed by atoms with Crippen molar-refractivity contribution in [2.75, 3.05) is 20.6 Å². The monoisotopic (exact) mass is 327 g/mol. The highest BCUT2D eigenvalue weighted by Gasteiger charge is 2.22. The first kappa shape index (κ1) is 16.0. The number of aryl methyl sites for hydroxylation is 2. The lowest BCUT2D eigenvalue weighted by Crippen LogP contribution is -2.12. The molecule has 0 unspecified atom stereocenters. The predicted molar refractivity (Wildman–Crippen MR) is 95.4 cm³/mol. The average Bonchev–Trinajstić information content (AvgIpc) is 2.88. The highest BCUT2D eigenvalue weighted by atomic mass is 32.1. The number of rotatable bonds is 4. The zero-order chi connectivity index (χ0) is 16.4. The molecule has 0 fully saturated rings. The van der Waals surface area contributed by atoms with Gasteiger partial charge in [0.2, 0.25) is 0 Å². The summed E-state index contributed by atoms with van der Waals surface area (Å²) in [6.45, 7) is 0.983. The van der Waals surface area contributed by atoms with Crippen molar-refractivity contribution in [1.82, 2.24) is 4.90 Å². The van der Waals surface area contributed by atoms with Crippen molar-refractivity contribution in [2.24, 2.45) is 0 Å². The maximum absolute atomic E-state index is 11.3. The number of carboxylic acid groups (broad SMARTS) is 1. The number of benzene rings is 1. The molecule has 1 aromatic carbocycles. The molecule has 23 heavy (non-hydrogen) atoms. The summed E-state index contributed by atoms with van der Waals surface area (Å²) in [6, 6.07) is 10.3. The fraction of sp³-hybridized carbons (Fsp3) is 0.316. The molecule has 0 radical (unpaired) electrons. The van der Waals surface area contributed by atoms with Gasteiger partial charge in [-0.05, 0) is 61.7 Å². The van der Waals surface area contributed by atoms with Gasteiger partial charge >= 0.3 is 5.97 Å². The highest BCUT2D eigenvalue weighted by Crippen LogP contribution is 2.38. The van der Waals surface area contributed by atoms with Crippen LogP contribution in [-0.2, 0) is 12.8 Å². The van der Waals surface area contributed by atoms with Gasteiger partial charge in [-0.15, -0.1) is 11.3 Å². The van der Waals surface area contributed by atoms with Gasteiger partial charge in [-0.2, -0.15) is 0 Å². The second-order valence-electron chi connectivity index (χ2n) is 6.12. The Morgan fingerprint density at radius 1 is 1.26 bits per heavy atom. The third kappa shape index (κ3) is 3.38. The maximum atomic E-state index is 11.3. The molecule has 1 aromatic heterocycles. The maximum Gasteiger partial charge on any atom is 0.345 e. The minimum atomic E-state index is -0.830. The number of fused-ring (bicyclic) bond motifs is 2. The quantitative estimate of drug-likeness (QED) is 0.925. The second kappa shape index (κ2) is 6.69. The van der Waals surface area contributed by atoms with Crippen LogP contribution in [0.3, 0.4) is 0 Å². The summed E-state index contributed by atoms with van der Waals surface area (Å²) < 4.78 is 0. The van der Waals surface area contributed by atoms with E-state index in [4.69, 9.17) is 0 Å². The van der Waals surface area contributed by atoms with Gasteiger partial charge in [0.05, 0.1) is 0 Å². The molecule has 4 heteroatoms. The molecule has 0 aliphatic heterocycles. The standard InChI is InChI=1S/C19H21NO2S/c1-20(2)11-5-8-15-14-7-4-3-6-13(14)9-10-17-16(15)12-18(23-17)19(21)22/h3-4,6-8,12H,5,9-11H2,1-2H3,(H,21,22)/b15-8-. The first-order chi connectivity index (χ1) is 11.1. The van der Waals surface area contributed by atoms with E-state index in [1.165, 1.54) is 32.9 Å². The van der Waals surface area contributed by atoms with Crippen molar-refractivity contribution in [1.29, 1.82) is 0 Å². The molecule has 1 heterocycles. The minimum absolute atomic E-state index is 0.438. The van der Waals surface area contributed by atoms with Crippen molar-refractivity contribution in [3.8, 4) is 0 Å². The van der Waals surface area contributed by atoms with Crippen LogP contribution in [0.4, 0.5) is 0 Å². The molecular weight excluding hydrogens is 306 g/mol. The number of nitrogens with zero attached hydrogens (tertiary/aromatic N) is 1. The van der Waals surface area contributed by atoms with Gasteiger partial charge in [0, 0.05) is 11.4 Å². The second-order valence-corrected chi connectivity index (χ2v) is 7.26. The summed E-state index contributed by atoms with van der Waals surface area (Å²) >= 11 is 1.42. The molecule has 1 aliphatic carbocycles. The van der Waals surface area contributed by atoms with Crippen LogP contribution < -0.4 is 0 Å². The Kier molecular flexibility index (Phi) is 4.64. The lowest BCUT2D eigenvalue weighted by Gasteiger charge is -2.11. The summed E-state index contributed by atoms with van der Waals surface area (Å²) in [6.07, 6.45) is 5.10. The van der Waals surface area contributed by atoms with Crippen molar-refractivity contribution in [3.63, 3.8) is 0 Å². The van der Waals surface area contributed by atoms with Gasteiger partial charge < -0.3 is 10.0 Å². The van der Waals surface area contributed by atoms with Gasteiger partial charge in [-0.1, -0.05) is 30.3 Å². The number of aromatic carboxylic acids is 1. The first-order valence-corrected chi connectivity index (χ1v) is 8.67. The molecule has 120 valence electrons. The highest BCUT2D eigenvalue weighted by molar-refractivity contribution is 7.14. The number of hydrogen-bond acceptors (Lipinski definition) is 3. The molecule has 1 N–H and O–H groups in total. The van der Waals surface area contributed by atoms with E-state index in [-0.39, 0.29) is 0 Å². The molecule has 0 atom stereocenters. The van der Waals surface area contributed by atoms with Gasteiger partial charge in [-0.3, -0.25) is 0 Å². The molecule has 0 saturated carbocycles. The number of thiophene rings is 1. The fourth-order valence-corrected chi connectivity index (χ4v) is 4.04. The molecule has 3 nitrogen and oxygen atoms in total. The Bertz CT molecular complexity index is 758. The van der Waals surface area contributed by atoms with E-state index in [0.29, 0.717) is 4.88 Å². The Balaban J connectivity index is 2.08. The van der Waals surface area contributed by atoms with Crippen molar-refractivity contribution >= 4 is 22.9 Å². The van der Waals surface area contributed by atoms with E-state index in [1.54, 1.807) is 0 Å². The van der Waals surface area contributed by atoms with Crippen LogP contribution >= 0.6 is 11.3 Å². The van der Waals surface area contributed by atoms with Crippen LogP contribution in [0.25, 0.3) is 5.57 Å². The van der Waals surface area contributed by atoms with Gasteiger partial charge in [0.25, 0.3) is 0 Å². The summed E-state index contributed by atoms with van der Waals surface area (Å²) in [7, 11) is 4.14. The van der Waals surface area contributed by atoms with Crippen LogP contribution in [0.1, 0.15) is 37.7 Å². The first-order valence-electron chi connectivity index (χ1n) is 7.86. The lowest BCUT2D eigenvalue weighted by molar-refractivity contribution is 0.0702. The van der Waals surface area contributed by atoms with E-state index < -0.39 is 5.97 Å². The van der Waals surface area contributed by atoms with Crippen LogP contribution in [0.15, 0.2) is 36.4 Å². The third-order valence-corrected chi connectivity index (χ3v) is 5.35. The molecule has 0 saturated heterocycles. The molecule has 2 aromatic rings. The molecule has 3 rings (SSSR count). The minimum Gasteiger partial charge on any atom is -0.477 e. The molecule has 1 aliphatic rings. The van der Waals surface area contributed by atoms with Crippen molar-refractivity contribution in [2.45, 2.75) is 19.3 Å². The molecule has 0 bridgehead atoms. The van der Waals surface area contributed by atoms with Crippen LogP contribution in [0, 0.1) is 0 Å². The Hall–Kier alpha value is -1.91. The largest absolute Gasteiger partial charge is 0.477 e. The summed E-state index contributed by atoms with van der Waals surface area (Å²) in [4.78, 5) is 15.1. The zero-order valence-electron chi connectivity index (χ0n) is 13.5. The summed E-state index contributed by atoms with van der Waals surface area (Å²) in [5.74, 6) is -0.830. The Morgan fingerprint density at radius 2 is 2.04 bits per heavy atom. The van der Waals surface area contributed by atoms with Gasteiger partial charge in [0.1, 0.15) is 4.88 Å². The third-order valence-electron chi connectivity index (χ3n) is 4.16. The van der Waals surface area contributed by atoms with Crippen LogP contribution in [0.2, 0.25) is 0 Å². The molecule has 0 spiro atoms. The lowest BCUT2D eigenvalue weighted by atomic mass is 9.95.